The maximum atomic E-state index is 13.1. The van der Waals surface area contributed by atoms with Crippen molar-refractivity contribution >= 4 is 17.4 Å². The third-order valence-corrected chi connectivity index (χ3v) is 4.63. The van der Waals surface area contributed by atoms with E-state index in [2.05, 4.69) is 9.97 Å². The van der Waals surface area contributed by atoms with Crippen LogP contribution in [0.5, 0.6) is 0 Å². The molecule has 4 rings (SSSR count). The molecule has 1 amide bonds. The van der Waals surface area contributed by atoms with E-state index < -0.39 is 23.5 Å². The van der Waals surface area contributed by atoms with Gasteiger partial charge in [0.2, 0.25) is 0 Å². The minimum absolute atomic E-state index is 0.286. The van der Waals surface area contributed by atoms with E-state index >= 15 is 0 Å². The Morgan fingerprint density at radius 2 is 1.63 bits per heavy atom. The number of rotatable bonds is 3. The third kappa shape index (κ3) is 3.61. The lowest BCUT2D eigenvalue weighted by molar-refractivity contribution is -0.137. The van der Waals surface area contributed by atoms with Crippen LogP contribution in [-0.4, -0.2) is 27.3 Å². The van der Waals surface area contributed by atoms with Crippen molar-refractivity contribution in [1.82, 2.24) is 14.4 Å². The molecule has 0 saturated heterocycles. The molecule has 0 bridgehead atoms. The number of halogens is 4. The molecule has 4 aromatic rings. The molecule has 0 unspecified atom stereocenters. The van der Waals surface area contributed by atoms with Gasteiger partial charge in [-0.3, -0.25) is 14.1 Å². The summed E-state index contributed by atoms with van der Waals surface area (Å²) in [6, 6.07) is 9.85. The van der Waals surface area contributed by atoms with Gasteiger partial charge in [0.05, 0.1) is 29.8 Å². The lowest BCUT2D eigenvalue weighted by atomic mass is 10.1. The van der Waals surface area contributed by atoms with Gasteiger partial charge in [0.15, 0.2) is 11.5 Å². The highest BCUT2D eigenvalue weighted by molar-refractivity contribution is 6.05. The SMILES string of the molecule is CN(C(=O)c1ccc(F)cc1)c1cn2c(-c3ccc(C(F)(F)F)cc3)cnc2cn1. The zero-order valence-electron chi connectivity index (χ0n) is 15.6. The summed E-state index contributed by atoms with van der Waals surface area (Å²) in [5.41, 5.74) is 1.09. The van der Waals surface area contributed by atoms with E-state index in [0.717, 1.165) is 12.1 Å². The van der Waals surface area contributed by atoms with Crippen molar-refractivity contribution < 1.29 is 22.4 Å². The van der Waals surface area contributed by atoms with Gasteiger partial charge in [-0.05, 0) is 36.4 Å². The lowest BCUT2D eigenvalue weighted by Gasteiger charge is -2.17. The molecule has 2 heterocycles. The van der Waals surface area contributed by atoms with Crippen molar-refractivity contribution in [3.63, 3.8) is 0 Å². The number of amides is 1. The van der Waals surface area contributed by atoms with Crippen molar-refractivity contribution in [3.05, 3.63) is 84.1 Å². The Hall–Kier alpha value is -3.75. The van der Waals surface area contributed by atoms with Crippen LogP contribution < -0.4 is 4.90 Å². The molecule has 0 fully saturated rings. The van der Waals surface area contributed by atoms with Gasteiger partial charge in [-0.2, -0.15) is 13.2 Å². The van der Waals surface area contributed by atoms with Crippen LogP contribution in [0.25, 0.3) is 16.9 Å². The van der Waals surface area contributed by atoms with E-state index in [1.807, 2.05) is 0 Å². The average Bonchev–Trinajstić information content (AvgIpc) is 3.16. The van der Waals surface area contributed by atoms with E-state index in [1.54, 1.807) is 10.6 Å². The summed E-state index contributed by atoms with van der Waals surface area (Å²) < 4.78 is 53.2. The fourth-order valence-corrected chi connectivity index (χ4v) is 2.99. The summed E-state index contributed by atoms with van der Waals surface area (Å²) in [4.78, 5) is 22.4. The summed E-state index contributed by atoms with van der Waals surface area (Å²) in [7, 11) is 1.52. The van der Waals surface area contributed by atoms with Gasteiger partial charge in [-0.25, -0.2) is 14.4 Å². The third-order valence-electron chi connectivity index (χ3n) is 4.63. The highest BCUT2D eigenvalue weighted by atomic mass is 19.4. The van der Waals surface area contributed by atoms with Crippen LogP contribution in [0.1, 0.15) is 15.9 Å². The van der Waals surface area contributed by atoms with E-state index in [4.69, 9.17) is 0 Å². The molecule has 0 aliphatic carbocycles. The second-order valence-electron chi connectivity index (χ2n) is 6.56. The van der Waals surface area contributed by atoms with Gasteiger partial charge in [0.1, 0.15) is 5.82 Å². The summed E-state index contributed by atoms with van der Waals surface area (Å²) >= 11 is 0. The van der Waals surface area contributed by atoms with Crippen molar-refractivity contribution in [1.29, 1.82) is 0 Å². The molecule has 9 heteroatoms. The maximum Gasteiger partial charge on any atom is 0.416 e. The molecule has 2 aromatic heterocycles. The molecule has 0 aliphatic heterocycles. The highest BCUT2D eigenvalue weighted by Gasteiger charge is 2.30. The predicted octanol–water partition coefficient (Wildman–Crippen LogP) is 4.83. The molecule has 0 atom stereocenters. The number of carbonyl (C=O) groups excluding carboxylic acids is 1. The number of hydrogen-bond donors (Lipinski definition) is 0. The van der Waals surface area contributed by atoms with E-state index in [0.29, 0.717) is 22.7 Å². The van der Waals surface area contributed by atoms with E-state index in [9.17, 15) is 22.4 Å². The summed E-state index contributed by atoms with van der Waals surface area (Å²) in [6.07, 6.45) is 0.123. The molecule has 152 valence electrons. The van der Waals surface area contributed by atoms with Gasteiger partial charge in [0.25, 0.3) is 5.91 Å². The fraction of sp³-hybridized carbons (Fsp3) is 0.0952. The van der Waals surface area contributed by atoms with Crippen LogP contribution in [0.15, 0.2) is 67.1 Å². The van der Waals surface area contributed by atoms with Crippen molar-refractivity contribution in [3.8, 4) is 11.3 Å². The number of carbonyl (C=O) groups is 1. The van der Waals surface area contributed by atoms with Gasteiger partial charge < -0.3 is 0 Å². The Bertz CT molecular complexity index is 1210. The van der Waals surface area contributed by atoms with Gasteiger partial charge in [-0.1, -0.05) is 12.1 Å². The first-order chi connectivity index (χ1) is 14.2. The smallest absolute Gasteiger partial charge is 0.295 e. The van der Waals surface area contributed by atoms with E-state index in [1.165, 1.54) is 60.7 Å². The largest absolute Gasteiger partial charge is 0.416 e. The topological polar surface area (TPSA) is 50.5 Å². The standard InChI is InChI=1S/C21H14F4N4O/c1-28(20(30)14-4-8-16(22)9-5-14)19-12-29-17(10-26-18(29)11-27-19)13-2-6-15(7-3-13)21(23,24)25/h2-12H,1H3. The predicted molar refractivity (Wildman–Crippen MR) is 103 cm³/mol. The molecule has 0 radical (unpaired) electrons. The van der Waals surface area contributed by atoms with Crippen LogP contribution in [0.2, 0.25) is 0 Å². The average molecular weight is 414 g/mol. The Kier molecular flexibility index (Phi) is 4.73. The summed E-state index contributed by atoms with van der Waals surface area (Å²) in [6.45, 7) is 0. The van der Waals surface area contributed by atoms with Gasteiger partial charge in [-0.15, -0.1) is 0 Å². The molecular formula is C21H14F4N4O. The molecule has 0 spiro atoms. The number of benzene rings is 2. The van der Waals surface area contributed by atoms with Crippen LogP contribution in [-0.2, 0) is 6.18 Å². The van der Waals surface area contributed by atoms with E-state index in [-0.39, 0.29) is 5.56 Å². The summed E-state index contributed by atoms with van der Waals surface area (Å²) in [5, 5.41) is 0. The van der Waals surface area contributed by atoms with Crippen LogP contribution in [0.3, 0.4) is 0 Å². The van der Waals surface area contributed by atoms with Crippen molar-refractivity contribution in [2.75, 3.05) is 11.9 Å². The Balaban J connectivity index is 1.69. The Morgan fingerprint density at radius 3 is 2.27 bits per heavy atom. The maximum absolute atomic E-state index is 13.1. The summed E-state index contributed by atoms with van der Waals surface area (Å²) in [5.74, 6) is -0.547. The molecule has 0 N–H and O–H groups in total. The Labute approximate surface area is 168 Å². The highest BCUT2D eigenvalue weighted by Crippen LogP contribution is 2.31. The number of aromatic nitrogens is 3. The minimum Gasteiger partial charge on any atom is -0.295 e. The monoisotopic (exact) mass is 414 g/mol. The number of alkyl halides is 3. The number of anilines is 1. The fourth-order valence-electron chi connectivity index (χ4n) is 2.99. The molecule has 2 aromatic carbocycles. The molecular weight excluding hydrogens is 400 g/mol. The molecule has 5 nitrogen and oxygen atoms in total. The van der Waals surface area contributed by atoms with Crippen LogP contribution in [0, 0.1) is 5.82 Å². The second kappa shape index (κ2) is 7.25. The first-order valence-corrected chi connectivity index (χ1v) is 8.78. The first-order valence-electron chi connectivity index (χ1n) is 8.78. The van der Waals surface area contributed by atoms with Crippen molar-refractivity contribution in [2.24, 2.45) is 0 Å². The van der Waals surface area contributed by atoms with Crippen LogP contribution >= 0.6 is 0 Å². The number of imidazole rings is 1. The lowest BCUT2D eigenvalue weighted by Crippen LogP contribution is -2.27. The molecule has 30 heavy (non-hydrogen) atoms. The molecule has 0 aliphatic rings. The Morgan fingerprint density at radius 1 is 0.967 bits per heavy atom. The normalized spacial score (nSPS) is 11.6. The quantitative estimate of drug-likeness (QED) is 0.451. The number of fused-ring (bicyclic) bond motifs is 1. The first kappa shape index (κ1) is 19.6. The van der Waals surface area contributed by atoms with Gasteiger partial charge in [0, 0.05) is 18.2 Å². The van der Waals surface area contributed by atoms with Crippen LogP contribution in [0.4, 0.5) is 23.4 Å². The minimum atomic E-state index is -4.42. The second-order valence-corrected chi connectivity index (χ2v) is 6.56. The zero-order valence-corrected chi connectivity index (χ0v) is 15.6. The number of nitrogens with zero attached hydrogens (tertiary/aromatic N) is 4. The van der Waals surface area contributed by atoms with Crippen molar-refractivity contribution in [2.45, 2.75) is 6.18 Å². The zero-order chi connectivity index (χ0) is 21.5. The number of hydrogen-bond acceptors (Lipinski definition) is 3. The molecule has 0 saturated carbocycles. The van der Waals surface area contributed by atoms with Gasteiger partial charge >= 0.3 is 6.18 Å².